The van der Waals surface area contributed by atoms with Crippen molar-refractivity contribution in [1.29, 1.82) is 0 Å². The molecule has 0 amide bonds. The predicted octanol–water partition coefficient (Wildman–Crippen LogP) is 2.74. The summed E-state index contributed by atoms with van der Waals surface area (Å²) in [5, 5.41) is 14.0. The number of nitrogens with one attached hydrogen (secondary N) is 1. The third kappa shape index (κ3) is 4.33. The van der Waals surface area contributed by atoms with Gasteiger partial charge in [0.2, 0.25) is 0 Å². The van der Waals surface area contributed by atoms with Crippen LogP contribution in [0.2, 0.25) is 0 Å². The number of ether oxygens (including phenoxy) is 1. The molecule has 0 fully saturated rings. The molecule has 0 saturated carbocycles. The lowest BCUT2D eigenvalue weighted by Crippen LogP contribution is -2.26. The van der Waals surface area contributed by atoms with Gasteiger partial charge in [-0.3, -0.25) is 10.1 Å². The van der Waals surface area contributed by atoms with Crippen LogP contribution in [-0.4, -0.2) is 18.6 Å². The van der Waals surface area contributed by atoms with E-state index in [2.05, 4.69) is 26.1 Å². The second-order valence-corrected chi connectivity index (χ2v) is 5.42. The van der Waals surface area contributed by atoms with Gasteiger partial charge in [0.05, 0.1) is 12.0 Å². The Kier molecular flexibility index (Phi) is 4.67. The number of rotatable bonds is 5. The highest BCUT2D eigenvalue weighted by atomic mass is 16.6. The Labute approximate surface area is 107 Å². The Morgan fingerprint density at radius 3 is 2.56 bits per heavy atom. The quantitative estimate of drug-likeness (QED) is 0.646. The minimum Gasteiger partial charge on any atom is -0.496 e. The van der Waals surface area contributed by atoms with Gasteiger partial charge < -0.3 is 10.1 Å². The molecule has 0 aliphatic heterocycles. The van der Waals surface area contributed by atoms with E-state index >= 15 is 0 Å². The summed E-state index contributed by atoms with van der Waals surface area (Å²) in [5.41, 5.74) is 1.06. The summed E-state index contributed by atoms with van der Waals surface area (Å²) in [6, 6.07) is 4.63. The van der Waals surface area contributed by atoms with E-state index in [1.54, 1.807) is 19.2 Å². The fraction of sp³-hybridized carbons (Fsp3) is 0.538. The van der Waals surface area contributed by atoms with E-state index in [-0.39, 0.29) is 11.1 Å². The van der Waals surface area contributed by atoms with Crippen molar-refractivity contribution in [2.24, 2.45) is 5.41 Å². The maximum Gasteiger partial charge on any atom is 0.270 e. The van der Waals surface area contributed by atoms with E-state index in [9.17, 15) is 10.1 Å². The van der Waals surface area contributed by atoms with E-state index in [0.29, 0.717) is 12.3 Å². The minimum atomic E-state index is -0.396. The Hall–Kier alpha value is -1.62. The molecular formula is C13H20N2O3. The van der Waals surface area contributed by atoms with Gasteiger partial charge in [-0.2, -0.15) is 0 Å². The van der Waals surface area contributed by atoms with Crippen LogP contribution in [0.5, 0.6) is 5.75 Å². The number of nitro benzene ring substituents is 1. The first-order chi connectivity index (χ1) is 8.33. The second kappa shape index (κ2) is 5.82. The average Bonchev–Trinajstić information content (AvgIpc) is 2.27. The van der Waals surface area contributed by atoms with Gasteiger partial charge in [-0.1, -0.05) is 20.8 Å². The van der Waals surface area contributed by atoms with Crippen molar-refractivity contribution < 1.29 is 9.66 Å². The SMILES string of the molecule is COc1ccc([N+](=O)[O-])cc1CNCC(C)(C)C. The zero-order valence-electron chi connectivity index (χ0n) is 11.3. The van der Waals surface area contributed by atoms with Gasteiger partial charge in [-0.05, 0) is 11.5 Å². The summed E-state index contributed by atoms with van der Waals surface area (Å²) in [6.07, 6.45) is 0. The second-order valence-electron chi connectivity index (χ2n) is 5.42. The molecule has 1 N–H and O–H groups in total. The van der Waals surface area contributed by atoms with Crippen molar-refractivity contribution >= 4 is 5.69 Å². The fourth-order valence-corrected chi connectivity index (χ4v) is 1.59. The molecule has 0 aliphatic rings. The molecule has 18 heavy (non-hydrogen) atoms. The van der Waals surface area contributed by atoms with Crippen molar-refractivity contribution in [3.05, 3.63) is 33.9 Å². The Morgan fingerprint density at radius 2 is 2.06 bits per heavy atom. The molecule has 0 saturated heterocycles. The van der Waals surface area contributed by atoms with Gasteiger partial charge in [0.15, 0.2) is 0 Å². The lowest BCUT2D eigenvalue weighted by atomic mass is 9.97. The zero-order chi connectivity index (χ0) is 13.8. The summed E-state index contributed by atoms with van der Waals surface area (Å²) in [4.78, 5) is 10.3. The van der Waals surface area contributed by atoms with Crippen LogP contribution in [0.3, 0.4) is 0 Å². The van der Waals surface area contributed by atoms with Crippen LogP contribution >= 0.6 is 0 Å². The average molecular weight is 252 g/mol. The largest absolute Gasteiger partial charge is 0.496 e. The third-order valence-electron chi connectivity index (χ3n) is 2.45. The Bertz CT molecular complexity index is 425. The molecule has 0 spiro atoms. The van der Waals surface area contributed by atoms with Crippen LogP contribution in [0.25, 0.3) is 0 Å². The van der Waals surface area contributed by atoms with Gasteiger partial charge in [0.1, 0.15) is 5.75 Å². The van der Waals surface area contributed by atoms with Gasteiger partial charge >= 0.3 is 0 Å². The molecule has 100 valence electrons. The molecule has 1 rings (SSSR count). The summed E-state index contributed by atoms with van der Waals surface area (Å²) >= 11 is 0. The van der Waals surface area contributed by atoms with Crippen molar-refractivity contribution in [2.75, 3.05) is 13.7 Å². The van der Waals surface area contributed by atoms with E-state index in [4.69, 9.17) is 4.74 Å². The van der Waals surface area contributed by atoms with Crippen molar-refractivity contribution in [2.45, 2.75) is 27.3 Å². The molecule has 0 heterocycles. The van der Waals surface area contributed by atoms with E-state index < -0.39 is 4.92 Å². The van der Waals surface area contributed by atoms with Crippen molar-refractivity contribution in [1.82, 2.24) is 5.32 Å². The molecule has 0 unspecified atom stereocenters. The Balaban J connectivity index is 2.78. The van der Waals surface area contributed by atoms with E-state index in [1.807, 2.05) is 0 Å². The van der Waals surface area contributed by atoms with Crippen LogP contribution in [0, 0.1) is 15.5 Å². The van der Waals surface area contributed by atoms with Gasteiger partial charge in [-0.15, -0.1) is 0 Å². The molecular weight excluding hydrogens is 232 g/mol. The standard InChI is InChI=1S/C13H20N2O3/c1-13(2,3)9-14-8-10-7-11(15(16)17)5-6-12(10)18-4/h5-7,14H,8-9H2,1-4H3. The molecule has 0 aliphatic carbocycles. The number of benzene rings is 1. The fourth-order valence-electron chi connectivity index (χ4n) is 1.59. The Morgan fingerprint density at radius 1 is 1.39 bits per heavy atom. The van der Waals surface area contributed by atoms with Gasteiger partial charge in [0.25, 0.3) is 5.69 Å². The molecule has 0 aromatic heterocycles. The molecule has 1 aromatic rings. The number of non-ortho nitro benzene ring substituents is 1. The first-order valence-corrected chi connectivity index (χ1v) is 5.85. The molecule has 0 bridgehead atoms. The highest BCUT2D eigenvalue weighted by Crippen LogP contribution is 2.24. The van der Waals surface area contributed by atoms with Crippen LogP contribution in [0.1, 0.15) is 26.3 Å². The summed E-state index contributed by atoms with van der Waals surface area (Å²) in [6.45, 7) is 7.78. The highest BCUT2D eigenvalue weighted by molar-refractivity contribution is 5.43. The topological polar surface area (TPSA) is 64.4 Å². The van der Waals surface area contributed by atoms with Crippen LogP contribution in [-0.2, 0) is 6.54 Å². The van der Waals surface area contributed by atoms with Crippen LogP contribution < -0.4 is 10.1 Å². The highest BCUT2D eigenvalue weighted by Gasteiger charge is 2.13. The normalized spacial score (nSPS) is 11.3. The minimum absolute atomic E-state index is 0.0864. The number of hydrogen-bond donors (Lipinski definition) is 1. The summed E-state index contributed by atoms with van der Waals surface area (Å²) in [5.74, 6) is 0.669. The number of methoxy groups -OCH3 is 1. The lowest BCUT2D eigenvalue weighted by molar-refractivity contribution is -0.384. The van der Waals surface area contributed by atoms with Gasteiger partial charge in [-0.25, -0.2) is 0 Å². The van der Waals surface area contributed by atoms with E-state index in [1.165, 1.54) is 6.07 Å². The molecule has 0 radical (unpaired) electrons. The number of nitrogens with zero attached hydrogens (tertiary/aromatic N) is 1. The maximum atomic E-state index is 10.7. The van der Waals surface area contributed by atoms with E-state index in [0.717, 1.165) is 12.1 Å². The third-order valence-corrected chi connectivity index (χ3v) is 2.45. The first-order valence-electron chi connectivity index (χ1n) is 5.85. The van der Waals surface area contributed by atoms with Crippen LogP contribution in [0.4, 0.5) is 5.69 Å². The van der Waals surface area contributed by atoms with Crippen LogP contribution in [0.15, 0.2) is 18.2 Å². The summed E-state index contributed by atoms with van der Waals surface area (Å²) in [7, 11) is 1.56. The molecule has 0 atom stereocenters. The van der Waals surface area contributed by atoms with Crippen molar-refractivity contribution in [3.63, 3.8) is 0 Å². The number of nitro groups is 1. The molecule has 1 aromatic carbocycles. The van der Waals surface area contributed by atoms with Gasteiger partial charge in [0, 0.05) is 30.8 Å². The molecule has 5 heteroatoms. The first kappa shape index (κ1) is 14.4. The maximum absolute atomic E-state index is 10.7. The smallest absolute Gasteiger partial charge is 0.270 e. The number of hydrogen-bond acceptors (Lipinski definition) is 4. The summed E-state index contributed by atoms with van der Waals surface area (Å²) < 4.78 is 5.20. The lowest BCUT2D eigenvalue weighted by Gasteiger charge is -2.19. The predicted molar refractivity (Wildman–Crippen MR) is 70.8 cm³/mol. The molecule has 5 nitrogen and oxygen atoms in total. The zero-order valence-corrected chi connectivity index (χ0v) is 11.3. The monoisotopic (exact) mass is 252 g/mol. The van der Waals surface area contributed by atoms with Crippen molar-refractivity contribution in [3.8, 4) is 5.75 Å².